The molecule has 5 rings (SSSR count). The Bertz CT molecular complexity index is 1350. The number of aromatic nitrogens is 3. The van der Waals surface area contributed by atoms with Crippen LogP contribution >= 0.6 is 22.9 Å². The molecule has 2 N–H and O–H groups in total. The first kappa shape index (κ1) is 24.3. The molecule has 10 heteroatoms. The highest BCUT2D eigenvalue weighted by atomic mass is 35.5. The maximum atomic E-state index is 12.7. The average Bonchev–Trinajstić information content (AvgIpc) is 3.30. The molecular weight excluding hydrogens is 496 g/mol. The third kappa shape index (κ3) is 5.68. The van der Waals surface area contributed by atoms with Crippen LogP contribution in [-0.4, -0.2) is 58.5 Å². The zero-order valence-electron chi connectivity index (χ0n) is 20.0. The Morgan fingerprint density at radius 3 is 2.44 bits per heavy atom. The summed E-state index contributed by atoms with van der Waals surface area (Å²) in [4.78, 5) is 31.2. The Hall–Kier alpha value is -3.43. The van der Waals surface area contributed by atoms with Gasteiger partial charge in [0.05, 0.1) is 5.01 Å². The maximum absolute atomic E-state index is 12.7. The van der Waals surface area contributed by atoms with Gasteiger partial charge in [0.15, 0.2) is 17.3 Å². The second-order valence-corrected chi connectivity index (χ2v) is 10.3. The standard InChI is InChI=1S/C26H27ClN6O2S/c1-17-2-4-18(5-3-17)6-11-21-29-23-24(30-26(28)31-25(23)36-21)33-14-12-32(13-15-33)22(34)16-35-20-9-7-19(27)8-10-20/h2-5,7-10H,6,11-16H2,1H3,(H2,28,30,31). The molecule has 3 heterocycles. The van der Waals surface area contributed by atoms with E-state index in [4.69, 9.17) is 27.1 Å². The second kappa shape index (κ2) is 10.7. The van der Waals surface area contributed by atoms with Gasteiger partial charge in [0, 0.05) is 37.6 Å². The van der Waals surface area contributed by atoms with Gasteiger partial charge in [0.2, 0.25) is 5.95 Å². The van der Waals surface area contributed by atoms with Crippen molar-refractivity contribution in [3.63, 3.8) is 0 Å². The molecule has 1 fully saturated rings. The number of rotatable bonds is 7. The van der Waals surface area contributed by atoms with Crippen LogP contribution in [0.25, 0.3) is 10.3 Å². The first-order valence-electron chi connectivity index (χ1n) is 11.8. The number of aryl methyl sites for hydroxylation is 3. The van der Waals surface area contributed by atoms with E-state index in [1.54, 1.807) is 35.6 Å². The highest BCUT2D eigenvalue weighted by Crippen LogP contribution is 2.30. The van der Waals surface area contributed by atoms with Gasteiger partial charge < -0.3 is 20.3 Å². The van der Waals surface area contributed by atoms with Crippen molar-refractivity contribution in [1.29, 1.82) is 0 Å². The zero-order valence-corrected chi connectivity index (χ0v) is 21.6. The molecule has 0 unspecified atom stereocenters. The molecule has 0 bridgehead atoms. The minimum Gasteiger partial charge on any atom is -0.484 e. The molecule has 186 valence electrons. The van der Waals surface area contributed by atoms with Gasteiger partial charge in [0.1, 0.15) is 11.3 Å². The lowest BCUT2D eigenvalue weighted by Crippen LogP contribution is -2.50. The molecular formula is C26H27ClN6O2S. The van der Waals surface area contributed by atoms with E-state index in [0.29, 0.717) is 37.0 Å². The predicted molar refractivity (Wildman–Crippen MR) is 144 cm³/mol. The summed E-state index contributed by atoms with van der Waals surface area (Å²) >= 11 is 7.46. The number of hydrogen-bond donors (Lipinski definition) is 1. The van der Waals surface area contributed by atoms with Crippen molar-refractivity contribution in [2.75, 3.05) is 43.4 Å². The van der Waals surface area contributed by atoms with Gasteiger partial charge in [-0.25, -0.2) is 9.97 Å². The summed E-state index contributed by atoms with van der Waals surface area (Å²) in [6, 6.07) is 15.6. The van der Waals surface area contributed by atoms with Gasteiger partial charge in [-0.15, -0.1) is 0 Å². The zero-order chi connectivity index (χ0) is 25.1. The number of hydrogen-bond acceptors (Lipinski definition) is 8. The molecule has 1 amide bonds. The molecule has 36 heavy (non-hydrogen) atoms. The van der Waals surface area contributed by atoms with Crippen molar-refractivity contribution < 1.29 is 9.53 Å². The highest BCUT2D eigenvalue weighted by molar-refractivity contribution is 7.18. The minimum atomic E-state index is -0.0519. The number of piperazine rings is 1. The minimum absolute atomic E-state index is 0.0111. The monoisotopic (exact) mass is 522 g/mol. The highest BCUT2D eigenvalue weighted by Gasteiger charge is 2.25. The van der Waals surface area contributed by atoms with Crippen molar-refractivity contribution in [1.82, 2.24) is 19.9 Å². The molecule has 0 radical (unpaired) electrons. The van der Waals surface area contributed by atoms with Crippen LogP contribution in [-0.2, 0) is 17.6 Å². The summed E-state index contributed by atoms with van der Waals surface area (Å²) in [6.45, 7) is 4.48. The lowest BCUT2D eigenvalue weighted by Gasteiger charge is -2.35. The first-order valence-corrected chi connectivity index (χ1v) is 13.0. The number of carbonyl (C=O) groups is 1. The number of fused-ring (bicyclic) bond motifs is 1. The molecule has 0 atom stereocenters. The van der Waals surface area contributed by atoms with Gasteiger partial charge in [-0.05, 0) is 43.2 Å². The summed E-state index contributed by atoms with van der Waals surface area (Å²) < 4.78 is 5.62. The molecule has 4 aromatic rings. The molecule has 0 spiro atoms. The van der Waals surface area contributed by atoms with E-state index in [9.17, 15) is 4.79 Å². The molecule has 0 aliphatic carbocycles. The van der Waals surface area contributed by atoms with E-state index < -0.39 is 0 Å². The summed E-state index contributed by atoms with van der Waals surface area (Å²) in [6.07, 6.45) is 1.75. The quantitative estimate of drug-likeness (QED) is 0.389. The summed E-state index contributed by atoms with van der Waals surface area (Å²) in [5, 5.41) is 1.64. The predicted octanol–water partition coefficient (Wildman–Crippen LogP) is 4.14. The van der Waals surface area contributed by atoms with Gasteiger partial charge in [-0.3, -0.25) is 4.79 Å². The van der Waals surface area contributed by atoms with E-state index in [-0.39, 0.29) is 18.5 Å². The number of nitrogen functional groups attached to an aromatic ring is 1. The van der Waals surface area contributed by atoms with Gasteiger partial charge in [-0.1, -0.05) is 52.8 Å². The average molecular weight is 523 g/mol. The van der Waals surface area contributed by atoms with Crippen LogP contribution < -0.4 is 15.4 Å². The van der Waals surface area contributed by atoms with Gasteiger partial charge in [0.25, 0.3) is 5.91 Å². The molecule has 2 aromatic heterocycles. The van der Waals surface area contributed by atoms with Gasteiger partial charge >= 0.3 is 0 Å². The van der Waals surface area contributed by atoms with E-state index in [1.807, 2.05) is 4.90 Å². The Labute approximate surface area is 218 Å². The number of halogens is 1. The Balaban J connectivity index is 1.22. The second-order valence-electron chi connectivity index (χ2n) is 8.76. The van der Waals surface area contributed by atoms with E-state index in [1.165, 1.54) is 11.1 Å². The molecule has 1 aliphatic rings. The Morgan fingerprint density at radius 1 is 1.00 bits per heavy atom. The number of carbonyl (C=O) groups excluding carboxylic acids is 1. The molecule has 0 saturated carbocycles. The molecule has 8 nitrogen and oxygen atoms in total. The fourth-order valence-corrected chi connectivity index (χ4v) is 5.20. The lowest BCUT2D eigenvalue weighted by atomic mass is 10.1. The lowest BCUT2D eigenvalue weighted by molar-refractivity contribution is -0.133. The normalized spacial score (nSPS) is 13.8. The van der Waals surface area contributed by atoms with Crippen LogP contribution in [0.5, 0.6) is 5.75 Å². The van der Waals surface area contributed by atoms with Crippen molar-refractivity contribution >= 4 is 51.0 Å². The number of anilines is 2. The first-order chi connectivity index (χ1) is 17.4. The smallest absolute Gasteiger partial charge is 0.260 e. The van der Waals surface area contributed by atoms with Crippen LogP contribution in [0.15, 0.2) is 48.5 Å². The van der Waals surface area contributed by atoms with E-state index in [0.717, 1.165) is 34.0 Å². The SMILES string of the molecule is Cc1ccc(CCc2nc3c(N4CCN(C(=O)COc5ccc(Cl)cc5)CC4)nc(N)nc3s2)cc1. The number of benzene rings is 2. The van der Waals surface area contributed by atoms with Crippen LogP contribution in [0, 0.1) is 6.92 Å². The summed E-state index contributed by atoms with van der Waals surface area (Å²) in [7, 11) is 0. The Kier molecular flexibility index (Phi) is 7.20. The summed E-state index contributed by atoms with van der Waals surface area (Å²) in [5.41, 5.74) is 9.36. The van der Waals surface area contributed by atoms with Gasteiger partial charge in [-0.2, -0.15) is 4.98 Å². The maximum Gasteiger partial charge on any atom is 0.260 e. The number of nitrogens with two attached hydrogens (primary N) is 1. The van der Waals surface area contributed by atoms with Crippen LogP contribution in [0.4, 0.5) is 11.8 Å². The largest absolute Gasteiger partial charge is 0.484 e. The van der Waals surface area contributed by atoms with Crippen molar-refractivity contribution in [3.05, 3.63) is 69.7 Å². The van der Waals surface area contributed by atoms with E-state index >= 15 is 0 Å². The molecule has 1 aliphatic heterocycles. The fourth-order valence-electron chi connectivity index (χ4n) is 4.14. The Morgan fingerprint density at radius 2 is 1.72 bits per heavy atom. The fraction of sp³-hybridized carbons (Fsp3) is 0.308. The molecule has 2 aromatic carbocycles. The molecule has 1 saturated heterocycles. The van der Waals surface area contributed by atoms with Crippen molar-refractivity contribution in [2.24, 2.45) is 0 Å². The van der Waals surface area contributed by atoms with Crippen LogP contribution in [0.3, 0.4) is 0 Å². The number of nitrogens with zero attached hydrogens (tertiary/aromatic N) is 5. The topological polar surface area (TPSA) is 97.5 Å². The summed E-state index contributed by atoms with van der Waals surface area (Å²) in [5.74, 6) is 1.54. The van der Waals surface area contributed by atoms with Crippen molar-refractivity contribution in [3.8, 4) is 5.75 Å². The van der Waals surface area contributed by atoms with Crippen LogP contribution in [0.2, 0.25) is 5.02 Å². The third-order valence-corrected chi connectivity index (χ3v) is 7.42. The van der Waals surface area contributed by atoms with Crippen LogP contribution in [0.1, 0.15) is 16.1 Å². The number of amides is 1. The number of thiazole rings is 1. The third-order valence-electron chi connectivity index (χ3n) is 6.16. The van der Waals surface area contributed by atoms with E-state index in [2.05, 4.69) is 46.1 Å². The van der Waals surface area contributed by atoms with Crippen molar-refractivity contribution in [2.45, 2.75) is 19.8 Å². The number of ether oxygens (including phenoxy) is 1.